The van der Waals surface area contributed by atoms with Gasteiger partial charge in [0.1, 0.15) is 6.10 Å². The highest BCUT2D eigenvalue weighted by molar-refractivity contribution is 5.80. The molecule has 3 rings (SSSR count). The van der Waals surface area contributed by atoms with Gasteiger partial charge in [-0.15, -0.1) is 0 Å². The van der Waals surface area contributed by atoms with Crippen molar-refractivity contribution in [2.75, 3.05) is 6.61 Å². The number of aromatic nitrogens is 4. The summed E-state index contributed by atoms with van der Waals surface area (Å²) in [6, 6.07) is 3.92. The van der Waals surface area contributed by atoms with Gasteiger partial charge in [-0.3, -0.25) is 0 Å². The topological polar surface area (TPSA) is 96.3 Å². The second-order valence-corrected chi connectivity index (χ2v) is 5.70. The summed E-state index contributed by atoms with van der Waals surface area (Å²) in [7, 11) is 0. The van der Waals surface area contributed by atoms with Crippen molar-refractivity contribution < 1.29 is 19.0 Å². The normalized spacial score (nSPS) is 22.8. The predicted octanol–water partition coefficient (Wildman–Crippen LogP) is 1.97. The summed E-state index contributed by atoms with van der Waals surface area (Å²) in [4.78, 5) is 28.8. The van der Waals surface area contributed by atoms with Gasteiger partial charge in [0.25, 0.3) is 0 Å². The molecule has 0 saturated heterocycles. The van der Waals surface area contributed by atoms with Gasteiger partial charge in [0.15, 0.2) is 0 Å². The lowest BCUT2D eigenvalue weighted by atomic mass is 9.83. The largest absolute Gasteiger partial charge is 0.463 e. The van der Waals surface area contributed by atoms with Crippen LogP contribution >= 0.6 is 0 Å². The van der Waals surface area contributed by atoms with Crippen molar-refractivity contribution >= 4 is 5.97 Å². The molecule has 0 bridgehead atoms. The van der Waals surface area contributed by atoms with Crippen molar-refractivity contribution in [3.8, 4) is 12.0 Å². The van der Waals surface area contributed by atoms with Crippen molar-refractivity contribution in [1.29, 1.82) is 0 Å². The molecular weight excluding hydrogens is 324 g/mol. The molecule has 25 heavy (non-hydrogen) atoms. The smallest absolute Gasteiger partial charge is 0.350 e. The van der Waals surface area contributed by atoms with E-state index in [4.69, 9.17) is 14.2 Å². The third-order valence-electron chi connectivity index (χ3n) is 4.03. The van der Waals surface area contributed by atoms with Crippen LogP contribution < -0.4 is 9.47 Å². The quantitative estimate of drug-likeness (QED) is 0.734. The molecule has 0 atom stereocenters. The Morgan fingerprint density at radius 1 is 1.04 bits per heavy atom. The average Bonchev–Trinajstić information content (AvgIpc) is 2.65. The van der Waals surface area contributed by atoms with E-state index in [1.54, 1.807) is 43.8 Å². The zero-order chi connectivity index (χ0) is 17.5. The summed E-state index contributed by atoms with van der Waals surface area (Å²) >= 11 is 0. The van der Waals surface area contributed by atoms with Gasteiger partial charge < -0.3 is 14.2 Å². The van der Waals surface area contributed by atoms with Gasteiger partial charge in [-0.25, -0.2) is 24.7 Å². The molecule has 0 aliphatic heterocycles. The molecule has 0 spiro atoms. The first-order chi connectivity index (χ1) is 12.2. The summed E-state index contributed by atoms with van der Waals surface area (Å²) in [5.41, 5.74) is -1.09. The van der Waals surface area contributed by atoms with E-state index in [2.05, 4.69) is 19.9 Å². The molecule has 0 unspecified atom stereocenters. The highest BCUT2D eigenvalue weighted by Gasteiger charge is 2.47. The Kier molecular flexibility index (Phi) is 5.37. The lowest BCUT2D eigenvalue weighted by Crippen LogP contribution is -2.50. The Morgan fingerprint density at radius 3 is 2.16 bits per heavy atom. The van der Waals surface area contributed by atoms with Gasteiger partial charge in [-0.1, -0.05) is 0 Å². The highest BCUT2D eigenvalue weighted by atomic mass is 16.6. The number of carbonyl (C=O) groups is 1. The summed E-state index contributed by atoms with van der Waals surface area (Å²) in [6.45, 7) is 2.06. The van der Waals surface area contributed by atoms with Crippen LogP contribution in [0.25, 0.3) is 0 Å². The lowest BCUT2D eigenvalue weighted by molar-refractivity contribution is -0.167. The van der Waals surface area contributed by atoms with Crippen LogP contribution in [0.3, 0.4) is 0 Å². The molecule has 1 saturated carbocycles. The fourth-order valence-corrected chi connectivity index (χ4v) is 2.79. The van der Waals surface area contributed by atoms with Crippen LogP contribution in [0.15, 0.2) is 36.9 Å². The Morgan fingerprint density at radius 2 is 1.60 bits per heavy atom. The molecule has 2 aromatic heterocycles. The first-order valence-electron chi connectivity index (χ1n) is 8.29. The fraction of sp³-hybridized carbons (Fsp3) is 0.471. The number of hydrogen-bond donors (Lipinski definition) is 0. The van der Waals surface area contributed by atoms with Gasteiger partial charge in [-0.2, -0.15) is 0 Å². The molecule has 132 valence electrons. The molecule has 2 aromatic rings. The van der Waals surface area contributed by atoms with E-state index >= 15 is 0 Å². The van der Waals surface area contributed by atoms with Gasteiger partial charge in [0.2, 0.25) is 5.60 Å². The Balaban J connectivity index is 1.69. The van der Waals surface area contributed by atoms with Crippen molar-refractivity contribution in [2.24, 2.45) is 0 Å². The highest BCUT2D eigenvalue weighted by Crippen LogP contribution is 2.34. The van der Waals surface area contributed by atoms with Gasteiger partial charge in [0.05, 0.1) is 6.61 Å². The number of carbonyl (C=O) groups excluding carboxylic acids is 1. The second-order valence-electron chi connectivity index (χ2n) is 5.70. The predicted molar refractivity (Wildman–Crippen MR) is 86.9 cm³/mol. The molecule has 0 N–H and O–H groups in total. The minimum atomic E-state index is -1.09. The van der Waals surface area contributed by atoms with Gasteiger partial charge >= 0.3 is 18.0 Å². The van der Waals surface area contributed by atoms with Crippen molar-refractivity contribution in [3.05, 3.63) is 36.9 Å². The molecule has 0 radical (unpaired) electrons. The zero-order valence-corrected chi connectivity index (χ0v) is 14.0. The fourth-order valence-electron chi connectivity index (χ4n) is 2.79. The molecule has 8 nitrogen and oxygen atoms in total. The van der Waals surface area contributed by atoms with Crippen LogP contribution in [-0.4, -0.2) is 44.2 Å². The van der Waals surface area contributed by atoms with Crippen LogP contribution in [0, 0.1) is 0 Å². The van der Waals surface area contributed by atoms with Crippen molar-refractivity contribution in [2.45, 2.75) is 44.3 Å². The minimum Gasteiger partial charge on any atom is -0.463 e. The van der Waals surface area contributed by atoms with E-state index in [9.17, 15) is 4.79 Å². The van der Waals surface area contributed by atoms with Gasteiger partial charge in [0, 0.05) is 37.6 Å². The molecule has 8 heteroatoms. The first kappa shape index (κ1) is 17.1. The summed E-state index contributed by atoms with van der Waals surface area (Å²) in [5, 5.41) is 0. The van der Waals surface area contributed by atoms with Crippen LogP contribution in [-0.2, 0) is 9.53 Å². The number of ether oxygens (including phenoxy) is 3. The maximum Gasteiger partial charge on any atom is 0.350 e. The number of rotatable bonds is 6. The zero-order valence-electron chi connectivity index (χ0n) is 14.0. The van der Waals surface area contributed by atoms with E-state index in [0.29, 0.717) is 31.7 Å². The standard InChI is InChI=1S/C17H20N4O4/c1-2-23-14(22)17(25-16-20-11-4-12-21-16)7-5-13(6-8-17)24-15-18-9-3-10-19-15/h3-4,9-13H,2,5-8H2,1H3. The average molecular weight is 344 g/mol. The molecule has 0 aromatic carbocycles. The van der Waals surface area contributed by atoms with E-state index in [0.717, 1.165) is 0 Å². The molecule has 0 amide bonds. The maximum atomic E-state index is 12.5. The molecular formula is C17H20N4O4. The Bertz CT molecular complexity index is 676. The monoisotopic (exact) mass is 344 g/mol. The lowest BCUT2D eigenvalue weighted by Gasteiger charge is -2.36. The summed E-state index contributed by atoms with van der Waals surface area (Å²) in [5.74, 6) is -0.392. The van der Waals surface area contributed by atoms with Crippen LogP contribution in [0.4, 0.5) is 0 Å². The molecule has 1 aliphatic carbocycles. The van der Waals surface area contributed by atoms with E-state index in [1.165, 1.54) is 0 Å². The van der Waals surface area contributed by atoms with E-state index in [-0.39, 0.29) is 18.7 Å². The second kappa shape index (κ2) is 7.87. The van der Waals surface area contributed by atoms with Crippen LogP contribution in [0.1, 0.15) is 32.6 Å². The third-order valence-corrected chi connectivity index (χ3v) is 4.03. The summed E-state index contributed by atoms with van der Waals surface area (Å²) in [6.07, 6.45) is 8.45. The minimum absolute atomic E-state index is 0.0785. The summed E-state index contributed by atoms with van der Waals surface area (Å²) < 4.78 is 16.9. The third kappa shape index (κ3) is 4.20. The van der Waals surface area contributed by atoms with E-state index in [1.807, 2.05) is 0 Å². The number of nitrogens with zero attached hydrogens (tertiary/aromatic N) is 4. The first-order valence-corrected chi connectivity index (χ1v) is 8.29. The SMILES string of the molecule is CCOC(=O)C1(Oc2ncccn2)CCC(Oc2ncccn2)CC1. The number of esters is 1. The molecule has 1 aliphatic rings. The van der Waals surface area contributed by atoms with Crippen molar-refractivity contribution in [3.63, 3.8) is 0 Å². The maximum absolute atomic E-state index is 12.5. The molecule has 2 heterocycles. The van der Waals surface area contributed by atoms with Crippen LogP contribution in [0.5, 0.6) is 12.0 Å². The van der Waals surface area contributed by atoms with E-state index < -0.39 is 11.6 Å². The van der Waals surface area contributed by atoms with Crippen molar-refractivity contribution in [1.82, 2.24) is 19.9 Å². The Hall–Kier alpha value is -2.77. The number of hydrogen-bond acceptors (Lipinski definition) is 8. The van der Waals surface area contributed by atoms with Gasteiger partial charge in [-0.05, 0) is 31.9 Å². The Labute approximate surface area is 145 Å². The van der Waals surface area contributed by atoms with Crippen LogP contribution in [0.2, 0.25) is 0 Å². The molecule has 1 fully saturated rings.